The van der Waals surface area contributed by atoms with E-state index in [4.69, 9.17) is 42.6 Å². The Morgan fingerprint density at radius 3 is 2.44 bits per heavy atom. The van der Waals surface area contributed by atoms with Crippen LogP contribution in [0.15, 0.2) is 60.7 Å². The highest BCUT2D eigenvalue weighted by Crippen LogP contribution is 2.36. The maximum Gasteiger partial charge on any atom is 0.342 e. The molecule has 6 atom stereocenters. The van der Waals surface area contributed by atoms with E-state index in [1.54, 1.807) is 55.5 Å². The molecule has 0 N–H and O–H groups in total. The van der Waals surface area contributed by atoms with Crippen molar-refractivity contribution in [2.45, 2.75) is 90.1 Å². The number of hydrogen-bond donors (Lipinski definition) is 0. The Balaban J connectivity index is 1.49. The van der Waals surface area contributed by atoms with Crippen LogP contribution in [0.5, 0.6) is 11.5 Å². The molecular weight excluding hydrogens is 620 g/mol. The zero-order chi connectivity index (χ0) is 34.5. The van der Waals surface area contributed by atoms with Crippen LogP contribution in [0.2, 0.25) is 0 Å². The Morgan fingerprint density at radius 2 is 1.73 bits per heavy atom. The molecule has 2 fully saturated rings. The molecule has 3 aliphatic rings. The predicted molar refractivity (Wildman–Crippen MR) is 176 cm³/mol. The molecule has 5 rings (SSSR count). The van der Waals surface area contributed by atoms with Gasteiger partial charge in [0.1, 0.15) is 48.1 Å². The van der Waals surface area contributed by atoms with Crippen molar-refractivity contribution in [1.82, 2.24) is 0 Å². The van der Waals surface area contributed by atoms with Crippen molar-refractivity contribution in [2.75, 3.05) is 27.1 Å². The summed E-state index contributed by atoms with van der Waals surface area (Å²) in [7, 11) is 1.50. The average molecular weight is 667 g/mol. The summed E-state index contributed by atoms with van der Waals surface area (Å²) in [6.45, 7) is 11.6. The highest BCUT2D eigenvalue weighted by molar-refractivity contribution is 5.97. The second-order valence-corrected chi connectivity index (χ2v) is 13.1. The topological polar surface area (TPSA) is 117 Å². The maximum atomic E-state index is 13.8. The summed E-state index contributed by atoms with van der Waals surface area (Å²) in [5, 5.41) is 0. The lowest BCUT2D eigenvalue weighted by molar-refractivity contribution is -0.152. The molecule has 3 heterocycles. The molecule has 11 nitrogen and oxygen atoms in total. The number of rotatable bonds is 8. The Bertz CT molecular complexity index is 1480. The van der Waals surface area contributed by atoms with Gasteiger partial charge in [0.25, 0.3) is 0 Å². The summed E-state index contributed by atoms with van der Waals surface area (Å²) in [6.07, 6.45) is 5.02. The molecule has 48 heavy (non-hydrogen) atoms. The number of benzene rings is 2. The predicted octanol–water partition coefficient (Wildman–Crippen LogP) is 6.10. The van der Waals surface area contributed by atoms with E-state index in [-0.39, 0.29) is 36.7 Å². The van der Waals surface area contributed by atoms with Crippen molar-refractivity contribution in [3.63, 3.8) is 0 Å². The number of hydrogen-bond acceptors (Lipinski definition) is 11. The van der Waals surface area contributed by atoms with Gasteiger partial charge in [-0.25, -0.2) is 9.59 Å². The minimum Gasteiger partial charge on any atom is -0.491 e. The van der Waals surface area contributed by atoms with E-state index < -0.39 is 47.9 Å². The smallest absolute Gasteiger partial charge is 0.342 e. The van der Waals surface area contributed by atoms with Crippen molar-refractivity contribution >= 4 is 18.0 Å². The van der Waals surface area contributed by atoms with Crippen molar-refractivity contribution in [2.24, 2.45) is 5.92 Å². The van der Waals surface area contributed by atoms with Gasteiger partial charge in [-0.2, -0.15) is 0 Å². The lowest BCUT2D eigenvalue weighted by Gasteiger charge is -2.26. The Labute approximate surface area is 282 Å². The molecule has 2 aromatic carbocycles. The maximum absolute atomic E-state index is 13.8. The Hall–Kier alpha value is -3.74. The largest absolute Gasteiger partial charge is 0.491 e. The number of esters is 2. The number of cyclic esters (lactones) is 1. The summed E-state index contributed by atoms with van der Waals surface area (Å²) >= 11 is 0. The van der Waals surface area contributed by atoms with Gasteiger partial charge in [0.05, 0.1) is 18.3 Å². The van der Waals surface area contributed by atoms with Gasteiger partial charge in [0.2, 0.25) is 0 Å². The lowest BCUT2D eigenvalue weighted by Crippen LogP contribution is -2.37. The van der Waals surface area contributed by atoms with Crippen LogP contribution in [0.3, 0.4) is 0 Å². The summed E-state index contributed by atoms with van der Waals surface area (Å²) in [5.74, 6) is -2.22. The Kier molecular flexibility index (Phi) is 11.3. The van der Waals surface area contributed by atoms with E-state index in [0.29, 0.717) is 29.9 Å². The van der Waals surface area contributed by atoms with Crippen molar-refractivity contribution in [3.8, 4) is 11.5 Å². The third-order valence-electron chi connectivity index (χ3n) is 8.25. The molecule has 0 spiro atoms. The van der Waals surface area contributed by atoms with E-state index in [0.717, 1.165) is 0 Å². The molecule has 0 aromatic heterocycles. The molecule has 260 valence electrons. The van der Waals surface area contributed by atoms with Gasteiger partial charge >= 0.3 is 11.9 Å². The van der Waals surface area contributed by atoms with E-state index in [1.807, 2.05) is 52.8 Å². The highest BCUT2D eigenvalue weighted by atomic mass is 16.8. The van der Waals surface area contributed by atoms with E-state index in [1.165, 1.54) is 7.11 Å². The van der Waals surface area contributed by atoms with Gasteiger partial charge < -0.3 is 42.6 Å². The lowest BCUT2D eigenvalue weighted by atomic mass is 9.98. The highest BCUT2D eigenvalue weighted by Gasteiger charge is 2.45. The van der Waals surface area contributed by atoms with Crippen LogP contribution in [-0.2, 0) is 33.2 Å². The van der Waals surface area contributed by atoms with Crippen LogP contribution in [0.1, 0.15) is 74.2 Å². The van der Waals surface area contributed by atoms with E-state index in [2.05, 4.69) is 0 Å². The van der Waals surface area contributed by atoms with Gasteiger partial charge in [-0.15, -0.1) is 0 Å². The molecule has 0 radical (unpaired) electrons. The molecule has 11 heteroatoms. The number of methoxy groups -OCH3 is 1. The van der Waals surface area contributed by atoms with Crippen LogP contribution in [0.4, 0.5) is 0 Å². The normalized spacial score (nSPS) is 28.1. The van der Waals surface area contributed by atoms with E-state index >= 15 is 0 Å². The summed E-state index contributed by atoms with van der Waals surface area (Å²) in [4.78, 5) is 27.0. The van der Waals surface area contributed by atoms with Gasteiger partial charge in [0.15, 0.2) is 18.4 Å². The number of carbonyl (C=O) groups is 2. The van der Waals surface area contributed by atoms with Gasteiger partial charge in [-0.1, -0.05) is 43.4 Å². The molecule has 2 aromatic rings. The van der Waals surface area contributed by atoms with Crippen LogP contribution >= 0.6 is 0 Å². The van der Waals surface area contributed by atoms with Crippen molar-refractivity contribution in [1.29, 1.82) is 0 Å². The third-order valence-corrected chi connectivity index (χ3v) is 8.25. The summed E-state index contributed by atoms with van der Waals surface area (Å²) in [6, 6.07) is 12.2. The van der Waals surface area contributed by atoms with Crippen LogP contribution in [0.25, 0.3) is 6.08 Å². The first-order valence-corrected chi connectivity index (χ1v) is 16.3. The quantitative estimate of drug-likeness (QED) is 0.185. The SMILES string of the molecule is COCOc1cc(OCC2COC(C)(C)O2)cc2c1C(=O)O[C@@H](C)[C@H](C)C=CC(OC(=O)c1ccccc1)[C@H]1OC(C)(C)O[C@H]1CC=C2. The molecule has 3 aliphatic heterocycles. The Morgan fingerprint density at radius 1 is 0.958 bits per heavy atom. The molecular formula is C37H46O11. The fraction of sp³-hybridized carbons (Fsp3) is 0.514. The van der Waals surface area contributed by atoms with Crippen LogP contribution in [-0.4, -0.2) is 81.1 Å². The van der Waals surface area contributed by atoms with Gasteiger partial charge in [-0.3, -0.25) is 0 Å². The molecule has 0 bridgehead atoms. The van der Waals surface area contributed by atoms with Crippen LogP contribution < -0.4 is 9.47 Å². The zero-order valence-electron chi connectivity index (χ0n) is 28.6. The summed E-state index contributed by atoms with van der Waals surface area (Å²) < 4.78 is 53.4. The zero-order valence-corrected chi connectivity index (χ0v) is 28.6. The van der Waals surface area contributed by atoms with Gasteiger partial charge in [0, 0.05) is 19.1 Å². The number of fused-ring (bicyclic) bond motifs is 2. The minimum atomic E-state index is -0.930. The molecule has 2 unspecified atom stereocenters. The van der Waals surface area contributed by atoms with Crippen LogP contribution in [0, 0.1) is 5.92 Å². The molecule has 0 saturated carbocycles. The monoisotopic (exact) mass is 666 g/mol. The first-order chi connectivity index (χ1) is 22.8. The van der Waals surface area contributed by atoms with E-state index in [9.17, 15) is 9.59 Å². The minimum absolute atomic E-state index is 0.0948. The third kappa shape index (κ3) is 9.03. The first kappa shape index (κ1) is 35.6. The average Bonchev–Trinajstić information content (AvgIpc) is 3.56. The molecule has 2 saturated heterocycles. The molecule has 0 aliphatic carbocycles. The fourth-order valence-electron chi connectivity index (χ4n) is 5.73. The summed E-state index contributed by atoms with van der Waals surface area (Å²) in [5.41, 5.74) is 1.17. The second kappa shape index (κ2) is 15.2. The fourth-order valence-corrected chi connectivity index (χ4v) is 5.73. The first-order valence-electron chi connectivity index (χ1n) is 16.3. The number of ether oxygens (including phenoxy) is 9. The molecule has 0 amide bonds. The second-order valence-electron chi connectivity index (χ2n) is 13.1. The van der Waals surface area contributed by atoms with Gasteiger partial charge in [-0.05, 0) is 70.9 Å². The van der Waals surface area contributed by atoms with Crippen molar-refractivity contribution < 1.29 is 52.2 Å². The standard InChI is InChI=1S/C37H46O11/c1-23-16-17-29(45-34(38)25-12-9-8-10-13-25)33-30(47-37(5,6)48-33)15-11-14-26-18-27(41-20-28-21-43-36(3,4)46-28)19-31(42-22-40-7)32(26)35(39)44-24(23)2/h8-14,16-19,23-24,28-30,33H,15,20-22H2,1-7H3/t23-,24+,28?,29?,30+,33-/m1/s1. The number of carbonyl (C=O) groups excluding carboxylic acids is 2. The van der Waals surface area contributed by atoms with Crippen molar-refractivity contribution in [3.05, 3.63) is 77.4 Å².